The van der Waals surface area contributed by atoms with Gasteiger partial charge in [-0.2, -0.15) is 0 Å². The van der Waals surface area contributed by atoms with Crippen LogP contribution >= 0.6 is 0 Å². The molecule has 106 valence electrons. The second-order valence-electron chi connectivity index (χ2n) is 5.17. The number of nitrogens with one attached hydrogen (secondary N) is 1. The molecular weight excluding hydrogens is 254 g/mol. The number of benzene rings is 1. The average Bonchev–Trinajstić information content (AvgIpc) is 2.98. The first-order valence-corrected chi connectivity index (χ1v) is 6.49. The van der Waals surface area contributed by atoms with E-state index >= 15 is 0 Å². The van der Waals surface area contributed by atoms with Gasteiger partial charge in [-0.3, -0.25) is 4.79 Å². The molecule has 0 fully saturated rings. The molecule has 0 aliphatic rings. The maximum absolute atomic E-state index is 12.1. The quantitative estimate of drug-likeness (QED) is 0.845. The Balaban J connectivity index is 2.33. The molecule has 1 atom stereocenters. The Morgan fingerprint density at radius 2 is 1.90 bits per heavy atom. The molecule has 0 aliphatic heterocycles. The molecular formula is C16H19NO3. The Labute approximate surface area is 118 Å². The van der Waals surface area contributed by atoms with Gasteiger partial charge in [-0.15, -0.1) is 0 Å². The van der Waals surface area contributed by atoms with Crippen molar-refractivity contribution in [1.29, 1.82) is 0 Å². The molecule has 2 aromatic rings. The average molecular weight is 273 g/mol. The number of carbonyl (C=O) groups excluding carboxylic acids is 1. The summed E-state index contributed by atoms with van der Waals surface area (Å²) in [4.78, 5) is 12.1. The predicted molar refractivity (Wildman–Crippen MR) is 77.3 cm³/mol. The molecule has 20 heavy (non-hydrogen) atoms. The number of hydrogen-bond donors (Lipinski definition) is 1. The minimum Gasteiger partial charge on any atom is -0.469 e. The second kappa shape index (κ2) is 5.82. The summed E-state index contributed by atoms with van der Waals surface area (Å²) in [6.45, 7) is 3.67. The molecule has 0 aliphatic carbocycles. The summed E-state index contributed by atoms with van der Waals surface area (Å²) in [6, 6.07) is 13.1. The molecule has 0 bridgehead atoms. The summed E-state index contributed by atoms with van der Waals surface area (Å²) >= 11 is 0. The third kappa shape index (κ3) is 2.85. The van der Waals surface area contributed by atoms with E-state index in [4.69, 9.17) is 9.15 Å². The van der Waals surface area contributed by atoms with E-state index in [1.807, 2.05) is 56.3 Å². The van der Waals surface area contributed by atoms with Crippen molar-refractivity contribution in [2.45, 2.75) is 19.9 Å². The molecule has 1 N–H and O–H groups in total. The van der Waals surface area contributed by atoms with Crippen molar-refractivity contribution < 1.29 is 13.9 Å². The number of esters is 1. The van der Waals surface area contributed by atoms with E-state index < -0.39 is 5.41 Å². The van der Waals surface area contributed by atoms with Crippen LogP contribution in [-0.2, 0) is 9.53 Å². The fourth-order valence-corrected chi connectivity index (χ4v) is 2.14. The van der Waals surface area contributed by atoms with Crippen LogP contribution in [0.15, 0.2) is 53.1 Å². The Bertz CT molecular complexity index is 546. The van der Waals surface area contributed by atoms with Crippen molar-refractivity contribution >= 4 is 11.7 Å². The van der Waals surface area contributed by atoms with Gasteiger partial charge in [0.2, 0.25) is 0 Å². The molecule has 1 aromatic carbocycles. The number of furan rings is 1. The number of anilines is 1. The molecule has 4 nitrogen and oxygen atoms in total. The molecule has 0 radical (unpaired) electrons. The van der Waals surface area contributed by atoms with Gasteiger partial charge in [0.15, 0.2) is 0 Å². The summed E-state index contributed by atoms with van der Waals surface area (Å²) in [5.74, 6) is 0.409. The summed E-state index contributed by atoms with van der Waals surface area (Å²) in [5.41, 5.74) is 0.161. The molecule has 1 heterocycles. The number of methoxy groups -OCH3 is 1. The van der Waals surface area contributed by atoms with E-state index in [-0.39, 0.29) is 12.0 Å². The van der Waals surface area contributed by atoms with Gasteiger partial charge in [0.1, 0.15) is 11.8 Å². The van der Waals surface area contributed by atoms with E-state index in [1.165, 1.54) is 7.11 Å². The van der Waals surface area contributed by atoms with Gasteiger partial charge in [-0.05, 0) is 38.1 Å². The molecule has 1 aromatic heterocycles. The Kier molecular flexibility index (Phi) is 4.13. The van der Waals surface area contributed by atoms with Gasteiger partial charge in [0.05, 0.1) is 18.8 Å². The number of hydrogen-bond acceptors (Lipinski definition) is 4. The molecule has 2 rings (SSSR count). The highest BCUT2D eigenvalue weighted by Gasteiger charge is 2.40. The van der Waals surface area contributed by atoms with Crippen molar-refractivity contribution in [2.75, 3.05) is 12.4 Å². The minimum atomic E-state index is -0.761. The lowest BCUT2D eigenvalue weighted by Crippen LogP contribution is -2.36. The summed E-state index contributed by atoms with van der Waals surface area (Å²) < 4.78 is 10.4. The molecule has 0 unspecified atom stereocenters. The van der Waals surface area contributed by atoms with E-state index in [2.05, 4.69) is 5.32 Å². The van der Waals surface area contributed by atoms with Crippen molar-refractivity contribution in [3.05, 3.63) is 54.5 Å². The lowest BCUT2D eigenvalue weighted by Gasteiger charge is -2.31. The maximum atomic E-state index is 12.1. The standard InChI is InChI=1S/C16H19NO3/c1-16(2,15(18)19-3)14(13-10-7-11-20-13)17-12-8-5-4-6-9-12/h4-11,14,17H,1-3H3/t14-/m1/s1. The van der Waals surface area contributed by atoms with Gasteiger partial charge in [0, 0.05) is 5.69 Å². The number of para-hydroxylation sites is 1. The van der Waals surface area contributed by atoms with E-state index in [1.54, 1.807) is 6.26 Å². The van der Waals surface area contributed by atoms with E-state index in [9.17, 15) is 4.79 Å². The molecule has 0 amide bonds. The van der Waals surface area contributed by atoms with Gasteiger partial charge >= 0.3 is 5.97 Å². The zero-order valence-corrected chi connectivity index (χ0v) is 11.9. The highest BCUT2D eigenvalue weighted by atomic mass is 16.5. The number of rotatable bonds is 5. The Morgan fingerprint density at radius 1 is 1.20 bits per heavy atom. The molecule has 0 saturated heterocycles. The highest BCUT2D eigenvalue weighted by Crippen LogP contribution is 2.37. The van der Waals surface area contributed by atoms with E-state index in [0.717, 1.165) is 5.69 Å². The SMILES string of the molecule is COC(=O)C(C)(C)[C@H](Nc1ccccc1)c1ccco1. The van der Waals surface area contributed by atoms with E-state index in [0.29, 0.717) is 5.76 Å². The largest absolute Gasteiger partial charge is 0.469 e. The van der Waals surface area contributed by atoms with Crippen LogP contribution in [-0.4, -0.2) is 13.1 Å². The zero-order valence-electron chi connectivity index (χ0n) is 11.9. The lowest BCUT2D eigenvalue weighted by molar-refractivity contribution is -0.151. The van der Waals surface area contributed by atoms with Gasteiger partial charge in [-0.1, -0.05) is 18.2 Å². The zero-order chi connectivity index (χ0) is 14.6. The van der Waals surface area contributed by atoms with Crippen LogP contribution in [0, 0.1) is 5.41 Å². The van der Waals surface area contributed by atoms with Gasteiger partial charge in [0.25, 0.3) is 0 Å². The van der Waals surface area contributed by atoms with Crippen LogP contribution < -0.4 is 5.32 Å². The first-order chi connectivity index (χ1) is 9.55. The Morgan fingerprint density at radius 3 is 2.45 bits per heavy atom. The Hall–Kier alpha value is -2.23. The van der Waals surface area contributed by atoms with Crippen molar-refractivity contribution in [3.63, 3.8) is 0 Å². The summed E-state index contributed by atoms with van der Waals surface area (Å²) in [7, 11) is 1.39. The molecule has 0 spiro atoms. The third-order valence-electron chi connectivity index (χ3n) is 3.35. The van der Waals surface area contributed by atoms with Crippen LogP contribution in [0.25, 0.3) is 0 Å². The monoisotopic (exact) mass is 273 g/mol. The van der Waals surface area contributed by atoms with Crippen molar-refractivity contribution in [3.8, 4) is 0 Å². The fraction of sp³-hybridized carbons (Fsp3) is 0.312. The second-order valence-corrected chi connectivity index (χ2v) is 5.17. The molecule has 0 saturated carbocycles. The van der Waals surface area contributed by atoms with Crippen LogP contribution in [0.4, 0.5) is 5.69 Å². The summed E-state index contributed by atoms with van der Waals surface area (Å²) in [5, 5.41) is 3.34. The van der Waals surface area contributed by atoms with Crippen LogP contribution in [0.3, 0.4) is 0 Å². The van der Waals surface area contributed by atoms with Crippen LogP contribution in [0.2, 0.25) is 0 Å². The summed E-state index contributed by atoms with van der Waals surface area (Å²) in [6.07, 6.45) is 1.60. The molecule has 4 heteroatoms. The minimum absolute atomic E-state index is 0.290. The van der Waals surface area contributed by atoms with Crippen molar-refractivity contribution in [2.24, 2.45) is 5.41 Å². The first-order valence-electron chi connectivity index (χ1n) is 6.49. The van der Waals surface area contributed by atoms with Crippen LogP contribution in [0.1, 0.15) is 25.6 Å². The highest BCUT2D eigenvalue weighted by molar-refractivity contribution is 5.77. The predicted octanol–water partition coefficient (Wildman–Crippen LogP) is 3.63. The normalized spacial score (nSPS) is 12.8. The van der Waals surface area contributed by atoms with Crippen LogP contribution in [0.5, 0.6) is 0 Å². The topological polar surface area (TPSA) is 51.5 Å². The first kappa shape index (κ1) is 14.2. The number of ether oxygens (including phenoxy) is 1. The van der Waals surface area contributed by atoms with Gasteiger partial charge < -0.3 is 14.5 Å². The maximum Gasteiger partial charge on any atom is 0.313 e. The van der Waals surface area contributed by atoms with Crippen molar-refractivity contribution in [1.82, 2.24) is 0 Å². The van der Waals surface area contributed by atoms with Gasteiger partial charge in [-0.25, -0.2) is 0 Å². The smallest absolute Gasteiger partial charge is 0.313 e. The lowest BCUT2D eigenvalue weighted by atomic mass is 9.82. The fourth-order valence-electron chi connectivity index (χ4n) is 2.14. The number of carbonyl (C=O) groups is 1. The third-order valence-corrected chi connectivity index (χ3v) is 3.35.